The van der Waals surface area contributed by atoms with Crippen molar-refractivity contribution in [1.82, 2.24) is 20.1 Å². The summed E-state index contributed by atoms with van der Waals surface area (Å²) in [7, 11) is 1.92. The van der Waals surface area contributed by atoms with E-state index < -0.39 is 0 Å². The van der Waals surface area contributed by atoms with Crippen molar-refractivity contribution in [1.29, 1.82) is 0 Å². The van der Waals surface area contributed by atoms with Gasteiger partial charge in [0.2, 0.25) is 5.91 Å². The third-order valence-corrected chi connectivity index (χ3v) is 6.26. The maximum atomic E-state index is 12.5. The van der Waals surface area contributed by atoms with E-state index >= 15 is 0 Å². The van der Waals surface area contributed by atoms with Crippen molar-refractivity contribution in [3.63, 3.8) is 0 Å². The first-order chi connectivity index (χ1) is 14.1. The molecule has 0 aliphatic heterocycles. The van der Waals surface area contributed by atoms with Gasteiger partial charge in [0.25, 0.3) is 0 Å². The van der Waals surface area contributed by atoms with Gasteiger partial charge in [-0.3, -0.25) is 4.79 Å². The van der Waals surface area contributed by atoms with Gasteiger partial charge in [0.05, 0.1) is 5.25 Å². The van der Waals surface area contributed by atoms with Crippen LogP contribution in [0.2, 0.25) is 5.02 Å². The number of hydrogen-bond acceptors (Lipinski definition) is 4. The number of benzene rings is 2. The SMILES string of the molecule is CC(Sc1nnc(-c2ccc(C(C)(C)C)cc2)n1C)C(=O)NCc1ccc(Cl)cc1. The molecule has 0 spiro atoms. The molecule has 1 heterocycles. The van der Waals surface area contributed by atoms with Crippen LogP contribution in [-0.2, 0) is 23.8 Å². The highest BCUT2D eigenvalue weighted by Gasteiger charge is 2.20. The molecule has 3 aromatic rings. The highest BCUT2D eigenvalue weighted by Crippen LogP contribution is 2.28. The summed E-state index contributed by atoms with van der Waals surface area (Å²) in [5.41, 5.74) is 3.39. The van der Waals surface area contributed by atoms with Crippen molar-refractivity contribution < 1.29 is 4.79 Å². The summed E-state index contributed by atoms with van der Waals surface area (Å²) in [6.45, 7) is 8.91. The van der Waals surface area contributed by atoms with Crippen LogP contribution in [0.15, 0.2) is 53.7 Å². The highest BCUT2D eigenvalue weighted by atomic mass is 35.5. The third-order valence-electron chi connectivity index (χ3n) is 4.88. The molecule has 0 radical (unpaired) electrons. The van der Waals surface area contributed by atoms with Gasteiger partial charge in [-0.05, 0) is 35.6 Å². The molecule has 0 fully saturated rings. The van der Waals surface area contributed by atoms with E-state index in [1.165, 1.54) is 17.3 Å². The van der Waals surface area contributed by atoms with Crippen LogP contribution in [0.5, 0.6) is 0 Å². The minimum atomic E-state index is -0.295. The van der Waals surface area contributed by atoms with Crippen LogP contribution in [-0.4, -0.2) is 25.9 Å². The molecule has 7 heteroatoms. The summed E-state index contributed by atoms with van der Waals surface area (Å²) in [6.07, 6.45) is 0. The molecular formula is C23H27ClN4OS. The van der Waals surface area contributed by atoms with Crippen molar-refractivity contribution in [2.24, 2.45) is 7.05 Å². The Labute approximate surface area is 187 Å². The summed E-state index contributed by atoms with van der Waals surface area (Å²) in [5.74, 6) is 0.737. The standard InChI is InChI=1S/C23H27ClN4OS/c1-15(21(29)25-14-16-6-12-19(24)13-7-16)30-22-27-26-20(28(22)5)17-8-10-18(11-9-17)23(2,3)4/h6-13,15H,14H2,1-5H3,(H,25,29). The van der Waals surface area contributed by atoms with Gasteiger partial charge in [0.15, 0.2) is 11.0 Å². The van der Waals surface area contributed by atoms with Gasteiger partial charge >= 0.3 is 0 Å². The molecule has 1 aromatic heterocycles. The average Bonchev–Trinajstić information content (AvgIpc) is 3.07. The number of hydrogen-bond donors (Lipinski definition) is 1. The Kier molecular flexibility index (Phi) is 6.88. The lowest BCUT2D eigenvalue weighted by atomic mass is 9.87. The molecule has 0 aliphatic rings. The van der Waals surface area contributed by atoms with E-state index in [4.69, 9.17) is 11.6 Å². The lowest BCUT2D eigenvalue weighted by Crippen LogP contribution is -2.30. The Morgan fingerprint density at radius 2 is 1.73 bits per heavy atom. The zero-order valence-electron chi connectivity index (χ0n) is 17.9. The number of nitrogens with zero attached hydrogens (tertiary/aromatic N) is 3. The molecule has 1 unspecified atom stereocenters. The predicted octanol–water partition coefficient (Wildman–Crippen LogP) is 5.23. The fraction of sp³-hybridized carbons (Fsp3) is 0.348. The Morgan fingerprint density at radius 1 is 1.10 bits per heavy atom. The van der Waals surface area contributed by atoms with Gasteiger partial charge in [0, 0.05) is 24.2 Å². The summed E-state index contributed by atoms with van der Waals surface area (Å²) in [6, 6.07) is 15.8. The van der Waals surface area contributed by atoms with Crippen molar-refractivity contribution in [3.05, 3.63) is 64.7 Å². The van der Waals surface area contributed by atoms with Gasteiger partial charge < -0.3 is 9.88 Å². The van der Waals surface area contributed by atoms with Crippen molar-refractivity contribution >= 4 is 29.3 Å². The molecule has 5 nitrogen and oxygen atoms in total. The molecule has 2 aromatic carbocycles. The topological polar surface area (TPSA) is 59.8 Å². The molecule has 1 atom stereocenters. The van der Waals surface area contributed by atoms with Crippen LogP contribution in [0.3, 0.4) is 0 Å². The Morgan fingerprint density at radius 3 is 2.33 bits per heavy atom. The largest absolute Gasteiger partial charge is 0.351 e. The summed E-state index contributed by atoms with van der Waals surface area (Å²) in [5, 5.41) is 12.7. The van der Waals surface area contributed by atoms with E-state index in [1.54, 1.807) is 0 Å². The second kappa shape index (κ2) is 9.23. The second-order valence-electron chi connectivity index (χ2n) is 8.30. The van der Waals surface area contributed by atoms with Crippen LogP contribution in [0.25, 0.3) is 11.4 Å². The van der Waals surface area contributed by atoms with Crippen LogP contribution in [0, 0.1) is 0 Å². The molecule has 0 bridgehead atoms. The zero-order valence-corrected chi connectivity index (χ0v) is 19.5. The number of rotatable bonds is 6. The van der Waals surface area contributed by atoms with E-state index in [1.807, 2.05) is 42.8 Å². The molecular weight excluding hydrogens is 416 g/mol. The Balaban J connectivity index is 1.63. The van der Waals surface area contributed by atoms with E-state index in [9.17, 15) is 4.79 Å². The quantitative estimate of drug-likeness (QED) is 0.531. The van der Waals surface area contributed by atoms with Gasteiger partial charge in [-0.1, -0.05) is 80.5 Å². The van der Waals surface area contributed by atoms with E-state index in [2.05, 4.69) is 60.6 Å². The molecule has 158 valence electrons. The second-order valence-corrected chi connectivity index (χ2v) is 10.0. The first-order valence-corrected chi connectivity index (χ1v) is 11.1. The number of thioether (sulfide) groups is 1. The molecule has 0 saturated heterocycles. The summed E-state index contributed by atoms with van der Waals surface area (Å²) in [4.78, 5) is 12.5. The zero-order chi connectivity index (χ0) is 21.9. The van der Waals surface area contributed by atoms with Crippen LogP contribution in [0.4, 0.5) is 0 Å². The maximum Gasteiger partial charge on any atom is 0.233 e. The van der Waals surface area contributed by atoms with E-state index in [-0.39, 0.29) is 16.6 Å². The summed E-state index contributed by atoms with van der Waals surface area (Å²) >= 11 is 7.29. The Bertz CT molecular complexity index is 1010. The third kappa shape index (κ3) is 5.43. The molecule has 0 aliphatic carbocycles. The van der Waals surface area contributed by atoms with Gasteiger partial charge in [-0.2, -0.15) is 0 Å². The minimum absolute atomic E-state index is 0.0472. The first kappa shape index (κ1) is 22.4. The van der Waals surface area contributed by atoms with Crippen LogP contribution in [0.1, 0.15) is 38.8 Å². The smallest absolute Gasteiger partial charge is 0.233 e. The minimum Gasteiger partial charge on any atom is -0.351 e. The summed E-state index contributed by atoms with van der Waals surface area (Å²) < 4.78 is 1.93. The molecule has 3 rings (SSSR count). The molecule has 1 N–H and O–H groups in total. The van der Waals surface area contributed by atoms with Crippen molar-refractivity contribution in [2.75, 3.05) is 0 Å². The Hall–Kier alpha value is -2.31. The monoisotopic (exact) mass is 442 g/mol. The van der Waals surface area contributed by atoms with Gasteiger partial charge in [0.1, 0.15) is 0 Å². The first-order valence-electron chi connectivity index (χ1n) is 9.84. The van der Waals surface area contributed by atoms with Crippen LogP contribution >= 0.6 is 23.4 Å². The number of aromatic nitrogens is 3. The molecule has 1 amide bonds. The van der Waals surface area contributed by atoms with Crippen molar-refractivity contribution in [2.45, 2.75) is 50.1 Å². The van der Waals surface area contributed by atoms with Crippen molar-refractivity contribution in [3.8, 4) is 11.4 Å². The number of nitrogens with one attached hydrogen (secondary N) is 1. The normalized spacial score (nSPS) is 12.6. The molecule has 30 heavy (non-hydrogen) atoms. The number of carbonyl (C=O) groups excluding carboxylic acids is 1. The average molecular weight is 443 g/mol. The number of halogens is 1. The lowest BCUT2D eigenvalue weighted by Gasteiger charge is -2.19. The molecule has 0 saturated carbocycles. The van der Waals surface area contributed by atoms with E-state index in [0.29, 0.717) is 16.7 Å². The van der Waals surface area contributed by atoms with Gasteiger partial charge in [-0.25, -0.2) is 0 Å². The maximum absolute atomic E-state index is 12.5. The highest BCUT2D eigenvalue weighted by molar-refractivity contribution is 8.00. The number of carbonyl (C=O) groups is 1. The number of amides is 1. The van der Waals surface area contributed by atoms with E-state index in [0.717, 1.165) is 17.0 Å². The van der Waals surface area contributed by atoms with Crippen LogP contribution < -0.4 is 5.32 Å². The fourth-order valence-electron chi connectivity index (χ4n) is 2.93. The lowest BCUT2D eigenvalue weighted by molar-refractivity contribution is -0.120. The predicted molar refractivity (Wildman–Crippen MR) is 124 cm³/mol. The van der Waals surface area contributed by atoms with Gasteiger partial charge in [-0.15, -0.1) is 10.2 Å². The fourth-order valence-corrected chi connectivity index (χ4v) is 3.90.